The molecule has 202 valence electrons. The van der Waals surface area contributed by atoms with Gasteiger partial charge in [-0.3, -0.25) is 9.36 Å². The third-order valence-electron chi connectivity index (χ3n) is 7.42. The first-order valence-electron chi connectivity index (χ1n) is 13.4. The number of benzene rings is 3. The van der Waals surface area contributed by atoms with Crippen LogP contribution < -0.4 is 9.47 Å². The maximum atomic E-state index is 13.9. The molecule has 0 fully saturated rings. The lowest BCUT2D eigenvalue weighted by Crippen LogP contribution is -2.24. The number of methoxy groups -OCH3 is 2. The molecule has 3 aromatic carbocycles. The van der Waals surface area contributed by atoms with Gasteiger partial charge in [-0.05, 0) is 92.8 Å². The van der Waals surface area contributed by atoms with Crippen molar-refractivity contribution in [2.75, 3.05) is 14.2 Å². The monoisotopic (exact) mass is 550 g/mol. The largest absolute Gasteiger partial charge is 0.497 e. The minimum Gasteiger partial charge on any atom is -0.497 e. The van der Waals surface area contributed by atoms with Crippen molar-refractivity contribution >= 4 is 28.6 Å². The molecular formula is C32H30N4O3S. The van der Waals surface area contributed by atoms with Crippen molar-refractivity contribution in [1.29, 1.82) is 0 Å². The molecule has 0 N–H and O–H groups in total. The molecular weight excluding hydrogens is 520 g/mol. The number of nitrogens with zero attached hydrogens (tertiary/aromatic N) is 4. The molecule has 1 aliphatic carbocycles. The summed E-state index contributed by atoms with van der Waals surface area (Å²) in [6.45, 7) is 1.92. The molecule has 40 heavy (non-hydrogen) atoms. The van der Waals surface area contributed by atoms with E-state index in [9.17, 15) is 4.79 Å². The smallest absolute Gasteiger partial charge is 0.244 e. The quantitative estimate of drug-likeness (QED) is 0.204. The number of carbonyl (C=O) groups is 1. The number of ether oxygens (including phenoxy) is 2. The van der Waals surface area contributed by atoms with Crippen LogP contribution in [0.5, 0.6) is 11.5 Å². The minimum absolute atomic E-state index is 0.0400. The maximum Gasteiger partial charge on any atom is 0.244 e. The van der Waals surface area contributed by atoms with Crippen LogP contribution >= 0.6 is 11.8 Å². The number of thioether (sulfide) groups is 1. The van der Waals surface area contributed by atoms with E-state index in [1.807, 2.05) is 72.2 Å². The number of hydrogen-bond donors (Lipinski definition) is 0. The fourth-order valence-corrected chi connectivity index (χ4v) is 6.15. The number of para-hydroxylation sites is 1. The van der Waals surface area contributed by atoms with E-state index >= 15 is 0 Å². The summed E-state index contributed by atoms with van der Waals surface area (Å²) < 4.78 is 12.6. The molecule has 7 nitrogen and oxygen atoms in total. The second kappa shape index (κ2) is 11.1. The highest BCUT2D eigenvalue weighted by Gasteiger charge is 2.27. The fourth-order valence-electron chi connectivity index (χ4n) is 5.39. The summed E-state index contributed by atoms with van der Waals surface area (Å²) in [5, 5.41) is 10.3. The molecule has 1 atom stereocenters. The highest BCUT2D eigenvalue weighted by molar-refractivity contribution is 8.00. The van der Waals surface area contributed by atoms with Gasteiger partial charge < -0.3 is 9.47 Å². The molecule has 8 heteroatoms. The average molecular weight is 551 g/mol. The fraction of sp³-hybridized carbons (Fsp3) is 0.250. The summed E-state index contributed by atoms with van der Waals surface area (Å²) in [7, 11) is 3.28. The zero-order valence-corrected chi connectivity index (χ0v) is 23.6. The second-order valence-corrected chi connectivity index (χ2v) is 11.1. The van der Waals surface area contributed by atoms with E-state index in [4.69, 9.17) is 14.5 Å². The van der Waals surface area contributed by atoms with E-state index in [2.05, 4.69) is 22.3 Å². The Kier molecular flexibility index (Phi) is 7.26. The standard InChI is InChI=1S/C32H30N4O3S/c1-20(31(37)36-27-10-6-4-8-25(27)26-9-5-7-11-28(26)36)40-32-33-29(21-12-16-23(38-2)17-13-21)30(34-35-32)22-14-18-24(39-3)19-15-22/h4,6,8,10,12-20H,5,7,9,11H2,1-3H3. The van der Waals surface area contributed by atoms with Crippen molar-refractivity contribution in [3.05, 3.63) is 84.1 Å². The lowest BCUT2D eigenvalue weighted by Gasteiger charge is -2.18. The summed E-state index contributed by atoms with van der Waals surface area (Å²) in [4.78, 5) is 18.8. The minimum atomic E-state index is -0.404. The van der Waals surface area contributed by atoms with Gasteiger partial charge in [0.05, 0.1) is 25.0 Å². The van der Waals surface area contributed by atoms with Crippen LogP contribution in [-0.4, -0.2) is 45.1 Å². The predicted molar refractivity (Wildman–Crippen MR) is 158 cm³/mol. The first kappa shape index (κ1) is 26.1. The van der Waals surface area contributed by atoms with E-state index in [1.54, 1.807) is 14.2 Å². The normalized spacial score (nSPS) is 13.6. The van der Waals surface area contributed by atoms with Crippen molar-refractivity contribution in [2.45, 2.75) is 43.0 Å². The van der Waals surface area contributed by atoms with Gasteiger partial charge in [0.15, 0.2) is 0 Å². The molecule has 0 aliphatic heterocycles. The van der Waals surface area contributed by atoms with Crippen molar-refractivity contribution < 1.29 is 14.3 Å². The third kappa shape index (κ3) is 4.84. The number of rotatable bonds is 7. The van der Waals surface area contributed by atoms with Gasteiger partial charge in [0.25, 0.3) is 0 Å². The first-order chi connectivity index (χ1) is 19.6. The molecule has 0 spiro atoms. The van der Waals surface area contributed by atoms with Gasteiger partial charge in [-0.15, -0.1) is 10.2 Å². The molecule has 2 aromatic heterocycles. The van der Waals surface area contributed by atoms with Gasteiger partial charge in [-0.2, -0.15) is 0 Å². The molecule has 0 amide bonds. The Labute approximate surface area is 237 Å². The van der Waals surface area contributed by atoms with Crippen LogP contribution in [0.4, 0.5) is 0 Å². The number of aryl methyl sites for hydroxylation is 1. The Balaban J connectivity index is 1.36. The summed E-state index contributed by atoms with van der Waals surface area (Å²) in [6.07, 6.45) is 4.20. The van der Waals surface area contributed by atoms with E-state index in [0.717, 1.165) is 59.5 Å². The SMILES string of the molecule is COc1ccc(-c2nnc(SC(C)C(=O)n3c4c(c5ccccc53)CCCC4)nc2-c2ccc(OC)cc2)cc1. The highest BCUT2D eigenvalue weighted by atomic mass is 32.2. The number of hydrogen-bond acceptors (Lipinski definition) is 7. The van der Waals surface area contributed by atoms with Gasteiger partial charge in [0.1, 0.15) is 22.9 Å². The van der Waals surface area contributed by atoms with Crippen LogP contribution in [0.25, 0.3) is 33.4 Å². The average Bonchev–Trinajstić information content (AvgIpc) is 3.35. The van der Waals surface area contributed by atoms with Crippen LogP contribution in [0.3, 0.4) is 0 Å². The summed E-state index contributed by atoms with van der Waals surface area (Å²) >= 11 is 1.34. The Morgan fingerprint density at radius 2 is 1.45 bits per heavy atom. The van der Waals surface area contributed by atoms with E-state index in [0.29, 0.717) is 16.5 Å². The Bertz CT molecular complexity index is 1680. The van der Waals surface area contributed by atoms with Gasteiger partial charge in [0, 0.05) is 22.2 Å². The van der Waals surface area contributed by atoms with Crippen LogP contribution in [0.15, 0.2) is 78.0 Å². The Morgan fingerprint density at radius 1 is 0.825 bits per heavy atom. The molecule has 0 saturated heterocycles. The summed E-state index contributed by atoms with van der Waals surface area (Å²) in [6, 6.07) is 23.6. The molecule has 0 radical (unpaired) electrons. The van der Waals surface area contributed by atoms with E-state index < -0.39 is 5.25 Å². The molecule has 6 rings (SSSR count). The Hall–Kier alpha value is -4.17. The summed E-state index contributed by atoms with van der Waals surface area (Å²) in [5.74, 6) is 1.56. The second-order valence-electron chi connectivity index (χ2n) is 9.83. The van der Waals surface area contributed by atoms with Crippen molar-refractivity contribution in [3.63, 3.8) is 0 Å². The summed E-state index contributed by atoms with van der Waals surface area (Å²) in [5.41, 5.74) is 6.55. The number of carbonyl (C=O) groups excluding carboxylic acids is 1. The van der Waals surface area contributed by atoms with Gasteiger partial charge in [-0.1, -0.05) is 30.0 Å². The van der Waals surface area contributed by atoms with Gasteiger partial charge in [0.2, 0.25) is 11.1 Å². The lowest BCUT2D eigenvalue weighted by molar-refractivity contribution is 0.0916. The molecule has 2 heterocycles. The topological polar surface area (TPSA) is 79.1 Å². The lowest BCUT2D eigenvalue weighted by atomic mass is 9.95. The molecule has 0 saturated carbocycles. The van der Waals surface area contributed by atoms with Gasteiger partial charge in [-0.25, -0.2) is 4.98 Å². The predicted octanol–water partition coefficient (Wildman–Crippen LogP) is 6.88. The zero-order chi connectivity index (χ0) is 27.6. The van der Waals surface area contributed by atoms with Crippen molar-refractivity contribution in [1.82, 2.24) is 19.7 Å². The van der Waals surface area contributed by atoms with Crippen molar-refractivity contribution in [2.24, 2.45) is 0 Å². The highest BCUT2D eigenvalue weighted by Crippen LogP contribution is 2.35. The molecule has 0 bridgehead atoms. The maximum absolute atomic E-state index is 13.9. The number of fused-ring (bicyclic) bond motifs is 3. The van der Waals surface area contributed by atoms with Crippen LogP contribution in [0.2, 0.25) is 0 Å². The number of aromatic nitrogens is 4. The first-order valence-corrected chi connectivity index (χ1v) is 14.3. The molecule has 1 aliphatic rings. The van der Waals surface area contributed by atoms with E-state index in [1.165, 1.54) is 22.7 Å². The van der Waals surface area contributed by atoms with Crippen LogP contribution in [0, 0.1) is 0 Å². The van der Waals surface area contributed by atoms with Gasteiger partial charge >= 0.3 is 0 Å². The Morgan fingerprint density at radius 3 is 2.12 bits per heavy atom. The van der Waals surface area contributed by atoms with Crippen molar-refractivity contribution in [3.8, 4) is 34.0 Å². The van der Waals surface area contributed by atoms with Crippen LogP contribution in [-0.2, 0) is 12.8 Å². The zero-order valence-electron chi connectivity index (χ0n) is 22.8. The third-order valence-corrected chi connectivity index (χ3v) is 8.36. The molecule has 5 aromatic rings. The van der Waals surface area contributed by atoms with E-state index in [-0.39, 0.29) is 5.91 Å². The molecule has 1 unspecified atom stereocenters. The van der Waals surface area contributed by atoms with Crippen LogP contribution in [0.1, 0.15) is 35.8 Å².